The molecule has 1 aliphatic heterocycles. The molecule has 40 heavy (non-hydrogen) atoms. The average molecular weight is 541 g/mol. The van der Waals surface area contributed by atoms with Crippen LogP contribution in [0.15, 0.2) is 53.2 Å². The number of likely N-dealkylation sites (N-methyl/N-ethyl adjacent to an activating group) is 1. The van der Waals surface area contributed by atoms with Gasteiger partial charge in [-0.1, -0.05) is 25.3 Å². The topological polar surface area (TPSA) is 134 Å². The van der Waals surface area contributed by atoms with Gasteiger partial charge in [0.05, 0.1) is 25.0 Å². The molecule has 0 atom stereocenters. The Labute approximate surface area is 232 Å². The molecule has 0 spiro atoms. The monoisotopic (exact) mass is 540 g/mol. The van der Waals surface area contributed by atoms with Crippen LogP contribution in [-0.2, 0) is 16.1 Å². The number of rotatable bonds is 8. The molecule has 0 saturated heterocycles. The van der Waals surface area contributed by atoms with Gasteiger partial charge in [-0.05, 0) is 71.9 Å². The SMILES string of the molecule is CN/C(C1=Cc2cc(OC)ccc2-c2c(C3CCCCC3)c3ccc(C(=O)NC=O)cc3n2C1)=C(\C=N)C(=O)O. The summed E-state index contributed by atoms with van der Waals surface area (Å²) in [4.78, 5) is 35.7. The molecule has 2 heterocycles. The summed E-state index contributed by atoms with van der Waals surface area (Å²) in [6, 6.07) is 11.4. The number of benzene rings is 2. The number of nitrogens with one attached hydrogen (secondary N) is 3. The molecule has 4 N–H and O–H groups in total. The minimum Gasteiger partial charge on any atom is -0.497 e. The molecule has 1 saturated carbocycles. The zero-order valence-electron chi connectivity index (χ0n) is 22.5. The third kappa shape index (κ3) is 4.68. The molecule has 0 radical (unpaired) electrons. The van der Waals surface area contributed by atoms with Crippen molar-refractivity contribution in [3.63, 3.8) is 0 Å². The van der Waals surface area contributed by atoms with Gasteiger partial charge in [-0.2, -0.15) is 0 Å². The van der Waals surface area contributed by atoms with Crippen molar-refractivity contribution >= 4 is 41.5 Å². The number of hydrogen-bond donors (Lipinski definition) is 4. The molecular formula is C31H32N4O5. The van der Waals surface area contributed by atoms with E-state index in [1.54, 1.807) is 26.3 Å². The summed E-state index contributed by atoms with van der Waals surface area (Å²) in [5.41, 5.74) is 6.13. The van der Waals surface area contributed by atoms with Crippen LogP contribution in [-0.4, -0.2) is 48.3 Å². The number of carbonyl (C=O) groups excluding carboxylic acids is 2. The number of carboxylic acids is 1. The first-order valence-electron chi connectivity index (χ1n) is 13.4. The molecule has 9 nitrogen and oxygen atoms in total. The lowest BCUT2D eigenvalue weighted by molar-refractivity contribution is -0.132. The number of carbonyl (C=O) groups is 3. The van der Waals surface area contributed by atoms with Crippen LogP contribution >= 0.6 is 0 Å². The lowest BCUT2D eigenvalue weighted by Crippen LogP contribution is -2.21. The minimum absolute atomic E-state index is 0.156. The maximum Gasteiger partial charge on any atom is 0.339 e. The second-order valence-electron chi connectivity index (χ2n) is 10.1. The second kappa shape index (κ2) is 11.2. The number of aromatic nitrogens is 1. The molecule has 206 valence electrons. The third-order valence-corrected chi connectivity index (χ3v) is 7.96. The lowest BCUT2D eigenvalue weighted by atomic mass is 9.81. The van der Waals surface area contributed by atoms with Crippen LogP contribution in [0.25, 0.3) is 28.2 Å². The van der Waals surface area contributed by atoms with Gasteiger partial charge in [0.25, 0.3) is 5.91 Å². The number of nitrogens with zero attached hydrogens (tertiary/aromatic N) is 1. The predicted molar refractivity (Wildman–Crippen MR) is 154 cm³/mol. The van der Waals surface area contributed by atoms with E-state index in [4.69, 9.17) is 10.1 Å². The van der Waals surface area contributed by atoms with E-state index >= 15 is 0 Å². The number of carboxylic acid groups (broad SMARTS) is 1. The van der Waals surface area contributed by atoms with Gasteiger partial charge in [0.1, 0.15) is 11.3 Å². The van der Waals surface area contributed by atoms with Crippen molar-refractivity contribution in [2.45, 2.75) is 44.6 Å². The number of hydrogen-bond acceptors (Lipinski definition) is 6. The molecule has 2 aliphatic rings. The van der Waals surface area contributed by atoms with E-state index in [9.17, 15) is 19.5 Å². The highest BCUT2D eigenvalue weighted by atomic mass is 16.5. The fourth-order valence-electron chi connectivity index (χ4n) is 6.18. The van der Waals surface area contributed by atoms with Crippen LogP contribution in [0.2, 0.25) is 0 Å². The highest BCUT2D eigenvalue weighted by Crippen LogP contribution is 2.47. The fraction of sp³-hybridized carbons (Fsp3) is 0.290. The summed E-state index contributed by atoms with van der Waals surface area (Å²) in [6.45, 7) is 0.301. The number of amides is 2. The first kappa shape index (κ1) is 26.9. The smallest absolute Gasteiger partial charge is 0.339 e. The van der Waals surface area contributed by atoms with Crippen molar-refractivity contribution in [3.8, 4) is 17.0 Å². The van der Waals surface area contributed by atoms with Crippen LogP contribution in [0.1, 0.15) is 59.5 Å². The van der Waals surface area contributed by atoms with E-state index in [1.807, 2.05) is 30.3 Å². The van der Waals surface area contributed by atoms with Crippen molar-refractivity contribution in [1.29, 1.82) is 5.41 Å². The second-order valence-corrected chi connectivity index (χ2v) is 10.1. The van der Waals surface area contributed by atoms with E-state index in [1.165, 1.54) is 12.0 Å². The summed E-state index contributed by atoms with van der Waals surface area (Å²) >= 11 is 0. The first-order chi connectivity index (χ1) is 19.4. The van der Waals surface area contributed by atoms with E-state index in [0.29, 0.717) is 41.5 Å². The van der Waals surface area contributed by atoms with Gasteiger partial charge in [0, 0.05) is 35.3 Å². The van der Waals surface area contributed by atoms with Crippen LogP contribution < -0.4 is 15.4 Å². The van der Waals surface area contributed by atoms with Crippen LogP contribution in [0.5, 0.6) is 5.75 Å². The molecule has 5 rings (SSSR count). The van der Waals surface area contributed by atoms with Crippen molar-refractivity contribution < 1.29 is 24.2 Å². The summed E-state index contributed by atoms with van der Waals surface area (Å²) in [5, 5.41) is 24.0. The maximum atomic E-state index is 12.6. The van der Waals surface area contributed by atoms with Gasteiger partial charge in [0.15, 0.2) is 0 Å². The first-order valence-corrected chi connectivity index (χ1v) is 13.4. The Morgan fingerprint density at radius 1 is 1.12 bits per heavy atom. The van der Waals surface area contributed by atoms with Crippen LogP contribution in [0, 0.1) is 5.41 Å². The van der Waals surface area contributed by atoms with Gasteiger partial charge in [-0.15, -0.1) is 0 Å². The standard InChI is InChI=1S/C31H32N4O5/c1-33-28(25(15-32)31(38)39)21-12-20-13-22(40-2)9-11-23(20)29-27(18-6-4-3-5-7-18)24-10-8-19(30(37)34-17-36)14-26(24)35(29)16-21/h8-15,17-18,32-33H,3-7,16H2,1-2H3,(H,38,39)(H,34,36,37)/b28-25+,32-15?. The van der Waals surface area contributed by atoms with E-state index in [2.05, 4.69) is 15.2 Å². The molecule has 1 aromatic heterocycles. The van der Waals surface area contributed by atoms with Gasteiger partial charge < -0.3 is 25.1 Å². The van der Waals surface area contributed by atoms with Crippen LogP contribution in [0.3, 0.4) is 0 Å². The highest BCUT2D eigenvalue weighted by Gasteiger charge is 2.30. The minimum atomic E-state index is -1.20. The molecule has 1 fully saturated rings. The summed E-state index contributed by atoms with van der Waals surface area (Å²) in [6.07, 6.45) is 8.77. The van der Waals surface area contributed by atoms with Gasteiger partial charge in [-0.3, -0.25) is 14.9 Å². The molecule has 0 bridgehead atoms. The van der Waals surface area contributed by atoms with E-state index in [-0.39, 0.29) is 5.57 Å². The Hall–Kier alpha value is -4.66. The fourth-order valence-corrected chi connectivity index (χ4v) is 6.18. The van der Waals surface area contributed by atoms with Crippen molar-refractivity contribution in [1.82, 2.24) is 15.2 Å². The van der Waals surface area contributed by atoms with E-state index in [0.717, 1.165) is 59.6 Å². The number of fused-ring (bicyclic) bond motifs is 5. The molecule has 2 amide bonds. The van der Waals surface area contributed by atoms with Gasteiger partial charge in [0.2, 0.25) is 6.41 Å². The van der Waals surface area contributed by atoms with Gasteiger partial charge >= 0.3 is 5.97 Å². The third-order valence-electron chi connectivity index (χ3n) is 7.96. The Balaban J connectivity index is 1.87. The predicted octanol–water partition coefficient (Wildman–Crippen LogP) is 4.86. The molecule has 9 heteroatoms. The number of allylic oxidation sites excluding steroid dienone is 1. The summed E-state index contributed by atoms with van der Waals surface area (Å²) < 4.78 is 7.68. The van der Waals surface area contributed by atoms with Crippen molar-refractivity contribution in [2.75, 3.05) is 14.2 Å². The number of aliphatic carboxylic acids is 1. The van der Waals surface area contributed by atoms with Crippen LogP contribution in [0.4, 0.5) is 0 Å². The van der Waals surface area contributed by atoms with Crippen molar-refractivity contribution in [3.05, 3.63) is 69.9 Å². The molecule has 0 unspecified atom stereocenters. The molecule has 1 aliphatic carbocycles. The summed E-state index contributed by atoms with van der Waals surface area (Å²) in [7, 11) is 3.25. The number of imide groups is 1. The number of methoxy groups -OCH3 is 1. The Bertz CT molecular complexity index is 1590. The normalized spacial score (nSPS) is 15.6. The maximum absolute atomic E-state index is 12.6. The highest BCUT2D eigenvalue weighted by molar-refractivity contribution is 6.09. The van der Waals surface area contributed by atoms with Gasteiger partial charge in [-0.25, -0.2) is 4.79 Å². The molecule has 3 aromatic rings. The zero-order chi connectivity index (χ0) is 28.4. The quantitative estimate of drug-likeness (QED) is 0.183. The molecular weight excluding hydrogens is 508 g/mol. The number of ether oxygens (including phenoxy) is 1. The van der Waals surface area contributed by atoms with Crippen molar-refractivity contribution in [2.24, 2.45) is 0 Å². The Kier molecular flexibility index (Phi) is 7.55. The average Bonchev–Trinajstić information content (AvgIpc) is 3.18. The van der Waals surface area contributed by atoms with E-state index < -0.39 is 11.9 Å². The summed E-state index contributed by atoms with van der Waals surface area (Å²) in [5.74, 6) is -0.696. The Morgan fingerprint density at radius 2 is 1.90 bits per heavy atom. The zero-order valence-corrected chi connectivity index (χ0v) is 22.5. The molecule has 2 aromatic carbocycles. The lowest BCUT2D eigenvalue weighted by Gasteiger charge is -2.24. The Morgan fingerprint density at radius 3 is 2.55 bits per heavy atom. The largest absolute Gasteiger partial charge is 0.497 e.